The average molecular weight is 226 g/mol. The first-order valence-electron chi connectivity index (χ1n) is 5.42. The van der Waals surface area contributed by atoms with Gasteiger partial charge in [-0.3, -0.25) is 0 Å². The summed E-state index contributed by atoms with van der Waals surface area (Å²) in [4.78, 5) is 0. The highest BCUT2D eigenvalue weighted by Crippen LogP contribution is 2.26. The molecule has 16 heavy (non-hydrogen) atoms. The van der Waals surface area contributed by atoms with Gasteiger partial charge in [-0.25, -0.2) is 4.39 Å². The molecule has 0 amide bonds. The Hall–Kier alpha value is -1.09. The molecule has 0 radical (unpaired) electrons. The molecule has 1 N–H and O–H groups in total. The molecule has 0 saturated carbocycles. The fourth-order valence-corrected chi connectivity index (χ4v) is 1.30. The molecule has 90 valence electrons. The molecule has 1 atom stereocenters. The van der Waals surface area contributed by atoms with Crippen molar-refractivity contribution in [2.45, 2.75) is 20.8 Å². The zero-order chi connectivity index (χ0) is 12.2. The molecule has 3 heteroatoms. The van der Waals surface area contributed by atoms with Crippen molar-refractivity contribution in [3.05, 3.63) is 30.1 Å². The van der Waals surface area contributed by atoms with E-state index >= 15 is 0 Å². The Balaban J connectivity index is 2.53. The number of benzene rings is 1. The van der Waals surface area contributed by atoms with Crippen LogP contribution in [0.2, 0.25) is 0 Å². The van der Waals surface area contributed by atoms with Crippen LogP contribution in [0.1, 0.15) is 20.8 Å². The van der Waals surface area contributed by atoms with E-state index in [0.29, 0.717) is 12.4 Å². The van der Waals surface area contributed by atoms with E-state index in [9.17, 15) is 9.50 Å². The second kappa shape index (κ2) is 5.30. The fourth-order valence-electron chi connectivity index (χ4n) is 1.30. The monoisotopic (exact) mass is 226 g/mol. The Morgan fingerprint density at radius 1 is 1.25 bits per heavy atom. The van der Waals surface area contributed by atoms with E-state index in [-0.39, 0.29) is 23.8 Å². The fraction of sp³-hybridized carbons (Fsp3) is 0.538. The maximum atomic E-state index is 12.6. The summed E-state index contributed by atoms with van der Waals surface area (Å²) >= 11 is 0. The van der Waals surface area contributed by atoms with Crippen LogP contribution in [-0.2, 0) is 0 Å². The van der Waals surface area contributed by atoms with Crippen LogP contribution in [0, 0.1) is 17.2 Å². The van der Waals surface area contributed by atoms with Crippen LogP contribution in [0.3, 0.4) is 0 Å². The minimum atomic E-state index is -0.276. The molecule has 0 saturated heterocycles. The van der Waals surface area contributed by atoms with Crippen molar-refractivity contribution < 1.29 is 14.2 Å². The molecule has 1 aromatic carbocycles. The topological polar surface area (TPSA) is 29.5 Å². The second-order valence-corrected chi connectivity index (χ2v) is 5.01. The number of rotatable bonds is 4. The van der Waals surface area contributed by atoms with Gasteiger partial charge < -0.3 is 9.84 Å². The van der Waals surface area contributed by atoms with Crippen LogP contribution < -0.4 is 4.74 Å². The normalized spacial score (nSPS) is 13.6. The van der Waals surface area contributed by atoms with Crippen LogP contribution in [0.4, 0.5) is 4.39 Å². The molecule has 0 spiro atoms. The molecule has 2 nitrogen and oxygen atoms in total. The van der Waals surface area contributed by atoms with E-state index < -0.39 is 0 Å². The quantitative estimate of drug-likeness (QED) is 0.855. The van der Waals surface area contributed by atoms with Crippen molar-refractivity contribution in [3.8, 4) is 5.75 Å². The Labute approximate surface area is 96.1 Å². The molecule has 0 bridgehead atoms. The van der Waals surface area contributed by atoms with Crippen molar-refractivity contribution in [1.29, 1.82) is 0 Å². The lowest BCUT2D eigenvalue weighted by atomic mass is 9.82. The van der Waals surface area contributed by atoms with Crippen LogP contribution in [-0.4, -0.2) is 18.3 Å². The summed E-state index contributed by atoms with van der Waals surface area (Å²) in [7, 11) is 0. The van der Waals surface area contributed by atoms with E-state index in [4.69, 9.17) is 4.74 Å². The first kappa shape index (κ1) is 13.0. The zero-order valence-electron chi connectivity index (χ0n) is 10.0. The summed E-state index contributed by atoms with van der Waals surface area (Å²) in [6.45, 7) is 6.70. The molecule has 0 aliphatic carbocycles. The zero-order valence-corrected chi connectivity index (χ0v) is 10.0. The van der Waals surface area contributed by atoms with Gasteiger partial charge in [0.15, 0.2) is 0 Å². The Bertz CT molecular complexity index is 314. The van der Waals surface area contributed by atoms with Gasteiger partial charge in [0, 0.05) is 12.5 Å². The number of hydrogen-bond acceptors (Lipinski definition) is 2. The molecule has 1 aromatic rings. The number of halogens is 1. The molecular weight excluding hydrogens is 207 g/mol. The van der Waals surface area contributed by atoms with Crippen molar-refractivity contribution in [2.24, 2.45) is 11.3 Å². The first-order chi connectivity index (χ1) is 7.43. The molecular formula is C13H19FO2. The van der Waals surface area contributed by atoms with Crippen LogP contribution in [0.15, 0.2) is 24.3 Å². The largest absolute Gasteiger partial charge is 0.493 e. The molecule has 1 unspecified atom stereocenters. The van der Waals surface area contributed by atoms with Gasteiger partial charge in [-0.05, 0) is 29.7 Å². The molecule has 1 rings (SSSR count). The minimum absolute atomic E-state index is 0.00518. The van der Waals surface area contributed by atoms with E-state index in [0.717, 1.165) is 0 Å². The van der Waals surface area contributed by atoms with Crippen molar-refractivity contribution in [3.63, 3.8) is 0 Å². The van der Waals surface area contributed by atoms with Crippen LogP contribution >= 0.6 is 0 Å². The van der Waals surface area contributed by atoms with Gasteiger partial charge in [0.1, 0.15) is 11.6 Å². The molecule has 0 aliphatic heterocycles. The highest BCUT2D eigenvalue weighted by atomic mass is 19.1. The lowest BCUT2D eigenvalue weighted by Crippen LogP contribution is -2.29. The van der Waals surface area contributed by atoms with Crippen molar-refractivity contribution in [1.82, 2.24) is 0 Å². The summed E-state index contributed by atoms with van der Waals surface area (Å²) in [5.41, 5.74) is -0.00518. The van der Waals surface area contributed by atoms with Gasteiger partial charge in [-0.1, -0.05) is 20.8 Å². The Morgan fingerprint density at radius 3 is 2.25 bits per heavy atom. The van der Waals surface area contributed by atoms with Crippen LogP contribution in [0.5, 0.6) is 5.75 Å². The lowest BCUT2D eigenvalue weighted by molar-refractivity contribution is 0.0818. The van der Waals surface area contributed by atoms with Gasteiger partial charge in [0.2, 0.25) is 0 Å². The lowest BCUT2D eigenvalue weighted by Gasteiger charge is -2.28. The summed E-state index contributed by atoms with van der Waals surface area (Å²) in [5, 5.41) is 9.24. The highest BCUT2D eigenvalue weighted by molar-refractivity contribution is 5.22. The molecule has 0 aliphatic rings. The van der Waals surface area contributed by atoms with E-state index in [1.165, 1.54) is 12.1 Å². The van der Waals surface area contributed by atoms with Crippen molar-refractivity contribution >= 4 is 0 Å². The molecule has 0 fully saturated rings. The summed E-state index contributed by atoms with van der Waals surface area (Å²) < 4.78 is 18.2. The van der Waals surface area contributed by atoms with Crippen molar-refractivity contribution in [2.75, 3.05) is 13.2 Å². The maximum Gasteiger partial charge on any atom is 0.123 e. The van der Waals surface area contributed by atoms with Gasteiger partial charge in [-0.2, -0.15) is 0 Å². The summed E-state index contributed by atoms with van der Waals surface area (Å²) in [5.74, 6) is 0.420. The number of hydrogen-bond donors (Lipinski definition) is 1. The number of aliphatic hydroxyl groups is 1. The van der Waals surface area contributed by atoms with Gasteiger partial charge in [-0.15, -0.1) is 0 Å². The molecule has 0 aromatic heterocycles. The third-order valence-corrected chi connectivity index (χ3v) is 2.71. The maximum absolute atomic E-state index is 12.6. The van der Waals surface area contributed by atoms with Crippen LogP contribution in [0.25, 0.3) is 0 Å². The third-order valence-electron chi connectivity index (χ3n) is 2.71. The van der Waals surface area contributed by atoms with E-state index in [1.54, 1.807) is 12.1 Å². The number of aliphatic hydroxyl groups excluding tert-OH is 1. The van der Waals surface area contributed by atoms with E-state index in [2.05, 4.69) is 20.8 Å². The SMILES string of the molecule is CC(C)(C)C(CO)COc1ccc(F)cc1. The van der Waals surface area contributed by atoms with Gasteiger partial charge in [0.25, 0.3) is 0 Å². The summed E-state index contributed by atoms with van der Waals surface area (Å²) in [6, 6.07) is 5.90. The summed E-state index contributed by atoms with van der Waals surface area (Å²) in [6.07, 6.45) is 0. The van der Waals surface area contributed by atoms with Gasteiger partial charge in [0.05, 0.1) is 6.61 Å². The predicted octanol–water partition coefficient (Wildman–Crippen LogP) is 2.86. The Morgan fingerprint density at radius 2 is 1.81 bits per heavy atom. The number of ether oxygens (including phenoxy) is 1. The Kier molecular flexibility index (Phi) is 4.30. The highest BCUT2D eigenvalue weighted by Gasteiger charge is 2.24. The standard InChI is InChI=1S/C13H19FO2/c1-13(2,3)10(8-15)9-16-12-6-4-11(14)5-7-12/h4-7,10,15H,8-9H2,1-3H3. The first-order valence-corrected chi connectivity index (χ1v) is 5.42. The minimum Gasteiger partial charge on any atom is -0.493 e. The molecule has 0 heterocycles. The third kappa shape index (κ3) is 3.81. The smallest absolute Gasteiger partial charge is 0.123 e. The van der Waals surface area contributed by atoms with E-state index in [1.807, 2.05) is 0 Å². The second-order valence-electron chi connectivity index (χ2n) is 5.01. The average Bonchev–Trinajstić information content (AvgIpc) is 2.19. The predicted molar refractivity (Wildman–Crippen MR) is 61.9 cm³/mol. The van der Waals surface area contributed by atoms with Gasteiger partial charge >= 0.3 is 0 Å².